The Morgan fingerprint density at radius 3 is 3.05 bits per heavy atom. The Hall–Kier alpha value is -2.31. The number of nitrogens with one attached hydrogen (secondary N) is 1. The molecule has 7 nitrogen and oxygen atoms in total. The highest BCUT2D eigenvalue weighted by Crippen LogP contribution is 2.41. The molecule has 20 heavy (non-hydrogen) atoms. The van der Waals surface area contributed by atoms with Crippen LogP contribution < -0.4 is 5.32 Å². The maximum atomic E-state index is 12.1. The van der Waals surface area contributed by atoms with Gasteiger partial charge in [0.2, 0.25) is 5.91 Å². The van der Waals surface area contributed by atoms with Crippen molar-refractivity contribution >= 4 is 5.91 Å². The van der Waals surface area contributed by atoms with Gasteiger partial charge in [-0.05, 0) is 47.7 Å². The van der Waals surface area contributed by atoms with Gasteiger partial charge in [0.15, 0.2) is 0 Å². The summed E-state index contributed by atoms with van der Waals surface area (Å²) in [5, 5.41) is 13.8. The van der Waals surface area contributed by atoms with E-state index in [2.05, 4.69) is 25.8 Å². The van der Waals surface area contributed by atoms with Crippen LogP contribution in [0.2, 0.25) is 0 Å². The first-order chi connectivity index (χ1) is 9.74. The molecule has 104 valence electrons. The van der Waals surface area contributed by atoms with E-state index in [9.17, 15) is 4.79 Å². The maximum absolute atomic E-state index is 12.1. The number of aromatic nitrogens is 5. The minimum atomic E-state index is -0.0979. The Balaban J connectivity index is 1.72. The number of tetrazole rings is 1. The molecule has 2 heterocycles. The number of hydrogen-bond donors (Lipinski definition) is 1. The zero-order chi connectivity index (χ0) is 13.9. The van der Waals surface area contributed by atoms with Crippen LogP contribution in [0.4, 0.5) is 0 Å². The lowest BCUT2D eigenvalue weighted by Gasteiger charge is -2.19. The van der Waals surface area contributed by atoms with Crippen molar-refractivity contribution < 1.29 is 4.79 Å². The molecule has 1 N–H and O–H groups in total. The smallest absolute Gasteiger partial charge is 0.242 e. The van der Waals surface area contributed by atoms with Crippen LogP contribution in [-0.4, -0.2) is 31.1 Å². The topological polar surface area (TPSA) is 85.6 Å². The van der Waals surface area contributed by atoms with E-state index in [1.807, 2.05) is 19.1 Å². The lowest BCUT2D eigenvalue weighted by molar-refractivity contribution is -0.122. The first-order valence-electron chi connectivity index (χ1n) is 6.65. The lowest BCUT2D eigenvalue weighted by Crippen LogP contribution is -2.33. The number of pyridine rings is 1. The monoisotopic (exact) mass is 272 g/mol. The van der Waals surface area contributed by atoms with Crippen LogP contribution in [-0.2, 0) is 11.3 Å². The zero-order valence-electron chi connectivity index (χ0n) is 11.2. The Bertz CT molecular complexity index is 593. The van der Waals surface area contributed by atoms with Crippen molar-refractivity contribution in [2.75, 3.05) is 0 Å². The highest BCUT2D eigenvalue weighted by Gasteiger charge is 2.35. The summed E-state index contributed by atoms with van der Waals surface area (Å²) in [4.78, 5) is 16.5. The average Bonchev–Trinajstić information content (AvgIpc) is 3.15. The molecule has 2 aromatic heterocycles. The number of aryl methyl sites for hydroxylation is 1. The van der Waals surface area contributed by atoms with Crippen LogP contribution in [0.5, 0.6) is 0 Å². The summed E-state index contributed by atoms with van der Waals surface area (Å²) >= 11 is 0. The second-order valence-corrected chi connectivity index (χ2v) is 5.10. The molecule has 2 aromatic rings. The molecule has 0 radical (unpaired) electrons. The summed E-state index contributed by atoms with van der Waals surface area (Å²) in [6, 6.07) is 3.91. The van der Waals surface area contributed by atoms with Crippen molar-refractivity contribution in [2.24, 2.45) is 5.92 Å². The van der Waals surface area contributed by atoms with E-state index in [4.69, 9.17) is 0 Å². The summed E-state index contributed by atoms with van der Waals surface area (Å²) < 4.78 is 1.41. The molecule has 1 aliphatic carbocycles. The molecule has 0 aliphatic heterocycles. The fourth-order valence-electron chi connectivity index (χ4n) is 2.28. The van der Waals surface area contributed by atoms with E-state index >= 15 is 0 Å². The minimum absolute atomic E-state index is 0.0137. The van der Waals surface area contributed by atoms with Crippen LogP contribution in [0.1, 0.15) is 30.1 Å². The van der Waals surface area contributed by atoms with Crippen LogP contribution in [0.15, 0.2) is 24.7 Å². The van der Waals surface area contributed by atoms with E-state index in [0.717, 1.165) is 24.1 Å². The van der Waals surface area contributed by atoms with Crippen LogP contribution in [0.25, 0.3) is 0 Å². The molecule has 0 bridgehead atoms. The van der Waals surface area contributed by atoms with Gasteiger partial charge in [-0.2, -0.15) is 0 Å². The van der Waals surface area contributed by atoms with Crippen molar-refractivity contribution in [1.82, 2.24) is 30.5 Å². The first-order valence-corrected chi connectivity index (χ1v) is 6.65. The predicted molar refractivity (Wildman–Crippen MR) is 70.4 cm³/mol. The molecule has 0 spiro atoms. The summed E-state index contributed by atoms with van der Waals surface area (Å²) in [5.74, 6) is 0.390. The molecule has 1 saturated carbocycles. The zero-order valence-corrected chi connectivity index (χ0v) is 11.2. The Kier molecular flexibility index (Phi) is 3.41. The molecular formula is C13H16N6O. The molecule has 3 rings (SSSR count). The third kappa shape index (κ3) is 2.81. The first kappa shape index (κ1) is 12.7. The third-order valence-corrected chi connectivity index (χ3v) is 3.45. The van der Waals surface area contributed by atoms with Crippen LogP contribution >= 0.6 is 0 Å². The van der Waals surface area contributed by atoms with Crippen molar-refractivity contribution in [1.29, 1.82) is 0 Å². The van der Waals surface area contributed by atoms with Crippen molar-refractivity contribution in [3.63, 3.8) is 0 Å². The molecule has 7 heteroatoms. The number of nitrogens with zero attached hydrogens (tertiary/aromatic N) is 5. The van der Waals surface area contributed by atoms with Gasteiger partial charge in [0.05, 0.1) is 11.7 Å². The van der Waals surface area contributed by atoms with Gasteiger partial charge in [0.25, 0.3) is 0 Å². The molecule has 0 saturated heterocycles. The Morgan fingerprint density at radius 1 is 1.55 bits per heavy atom. The third-order valence-electron chi connectivity index (χ3n) is 3.45. The highest BCUT2D eigenvalue weighted by atomic mass is 16.2. The fraction of sp³-hybridized carbons (Fsp3) is 0.462. The van der Waals surface area contributed by atoms with E-state index in [0.29, 0.717) is 5.92 Å². The summed E-state index contributed by atoms with van der Waals surface area (Å²) in [5.41, 5.74) is 2.06. The van der Waals surface area contributed by atoms with Crippen LogP contribution in [0.3, 0.4) is 0 Å². The number of rotatable bonds is 5. The van der Waals surface area contributed by atoms with Gasteiger partial charge in [0.1, 0.15) is 12.9 Å². The summed E-state index contributed by atoms with van der Waals surface area (Å²) in [7, 11) is 0. The van der Waals surface area contributed by atoms with E-state index < -0.39 is 0 Å². The van der Waals surface area contributed by atoms with E-state index in [-0.39, 0.29) is 18.5 Å². The highest BCUT2D eigenvalue weighted by molar-refractivity contribution is 5.76. The molecule has 1 aliphatic rings. The van der Waals surface area contributed by atoms with Gasteiger partial charge in [-0.1, -0.05) is 6.07 Å². The minimum Gasteiger partial charge on any atom is -0.346 e. The molecule has 1 atom stereocenters. The number of hydrogen-bond acceptors (Lipinski definition) is 5. The van der Waals surface area contributed by atoms with Crippen molar-refractivity contribution in [3.05, 3.63) is 35.9 Å². The molecule has 1 fully saturated rings. The second kappa shape index (κ2) is 5.36. The number of carbonyl (C=O) groups excluding carboxylic acids is 1. The normalized spacial score (nSPS) is 15.8. The SMILES string of the molecule is Cc1cccnc1C(NC(=O)Cn1cnnn1)C1CC1. The Morgan fingerprint density at radius 2 is 2.40 bits per heavy atom. The average molecular weight is 272 g/mol. The lowest BCUT2D eigenvalue weighted by atomic mass is 10.0. The van der Waals surface area contributed by atoms with E-state index in [1.54, 1.807) is 6.20 Å². The van der Waals surface area contributed by atoms with Crippen molar-refractivity contribution in [2.45, 2.75) is 32.4 Å². The largest absolute Gasteiger partial charge is 0.346 e. The molecular weight excluding hydrogens is 256 g/mol. The predicted octanol–water partition coefficient (Wildman–Crippen LogP) is 0.644. The quantitative estimate of drug-likeness (QED) is 0.863. The van der Waals surface area contributed by atoms with Gasteiger partial charge in [0, 0.05) is 6.20 Å². The molecule has 1 amide bonds. The van der Waals surface area contributed by atoms with Gasteiger partial charge < -0.3 is 5.32 Å². The van der Waals surface area contributed by atoms with Gasteiger partial charge >= 0.3 is 0 Å². The summed E-state index contributed by atoms with van der Waals surface area (Å²) in [6.07, 6.45) is 5.46. The Labute approximate surface area is 116 Å². The van der Waals surface area contributed by atoms with E-state index in [1.165, 1.54) is 11.0 Å². The van der Waals surface area contributed by atoms with Gasteiger partial charge in [-0.3, -0.25) is 9.78 Å². The number of amides is 1. The maximum Gasteiger partial charge on any atom is 0.242 e. The molecule has 1 unspecified atom stereocenters. The second-order valence-electron chi connectivity index (χ2n) is 5.10. The standard InChI is InChI=1S/C13H16N6O/c1-9-3-2-6-14-12(9)13(10-4-5-10)16-11(20)7-19-8-15-17-18-19/h2-3,6,8,10,13H,4-5,7H2,1H3,(H,16,20). The van der Waals surface area contributed by atoms with Gasteiger partial charge in [-0.25, -0.2) is 4.68 Å². The fourth-order valence-corrected chi connectivity index (χ4v) is 2.28. The summed E-state index contributed by atoms with van der Waals surface area (Å²) in [6.45, 7) is 2.15. The van der Waals surface area contributed by atoms with Crippen LogP contribution in [0, 0.1) is 12.8 Å². The number of carbonyl (C=O) groups is 1. The van der Waals surface area contributed by atoms with Gasteiger partial charge in [-0.15, -0.1) is 5.10 Å². The van der Waals surface area contributed by atoms with Crippen molar-refractivity contribution in [3.8, 4) is 0 Å². The molecule has 0 aromatic carbocycles.